The molecule has 170 valence electrons. The molecule has 1 N–H and O–H groups in total. The van der Waals surface area contributed by atoms with E-state index in [0.29, 0.717) is 6.61 Å². The number of para-hydroxylation sites is 2. The van der Waals surface area contributed by atoms with Crippen molar-refractivity contribution >= 4 is 38.7 Å². The van der Waals surface area contributed by atoms with Gasteiger partial charge in [-0.1, -0.05) is 24.3 Å². The molecule has 0 aliphatic heterocycles. The van der Waals surface area contributed by atoms with Crippen molar-refractivity contribution in [2.75, 3.05) is 59.7 Å². The third-order valence-electron chi connectivity index (χ3n) is 5.63. The van der Waals surface area contributed by atoms with Crippen molar-refractivity contribution in [3.05, 3.63) is 42.5 Å². The predicted octanol–water partition coefficient (Wildman–Crippen LogP) is 5.22. The van der Waals surface area contributed by atoms with Crippen molar-refractivity contribution in [2.24, 2.45) is 0 Å². The number of rotatable bonds is 11. The maximum atomic E-state index is 6.43. The van der Waals surface area contributed by atoms with Crippen LogP contribution in [0.1, 0.15) is 19.3 Å². The van der Waals surface area contributed by atoms with Gasteiger partial charge in [-0.15, -0.1) is 0 Å². The van der Waals surface area contributed by atoms with Gasteiger partial charge >= 0.3 is 0 Å². The molecule has 0 aliphatic carbocycles. The standard InChI is InChI=1S/C26H34N4O2/c1-29(2)16-7-8-18-31-22-14-9-12-20-24-26(32-25(20)22)23(27-15-10-17-30(3)4)19-11-5-6-13-21(19)28-24/h5-6,9,11-14H,7-8,10,15-18H2,1-4H3,(H,27,28). The molecule has 0 saturated carbocycles. The normalized spacial score (nSPS) is 11.9. The van der Waals surface area contributed by atoms with Gasteiger partial charge < -0.3 is 24.3 Å². The maximum Gasteiger partial charge on any atom is 0.179 e. The summed E-state index contributed by atoms with van der Waals surface area (Å²) in [4.78, 5) is 9.35. The molecule has 0 bridgehead atoms. The Balaban J connectivity index is 1.67. The van der Waals surface area contributed by atoms with Crippen LogP contribution in [0.25, 0.3) is 33.0 Å². The summed E-state index contributed by atoms with van der Waals surface area (Å²) in [7, 11) is 8.39. The molecule has 6 heteroatoms. The molecule has 0 atom stereocenters. The molecule has 2 aromatic carbocycles. The molecule has 2 aromatic heterocycles. The Hall–Kier alpha value is -2.83. The molecule has 0 aliphatic rings. The molecule has 0 amide bonds. The van der Waals surface area contributed by atoms with E-state index in [-0.39, 0.29) is 0 Å². The van der Waals surface area contributed by atoms with E-state index in [1.54, 1.807) is 0 Å². The summed E-state index contributed by atoms with van der Waals surface area (Å²) < 4.78 is 12.6. The number of hydrogen-bond acceptors (Lipinski definition) is 6. The van der Waals surface area contributed by atoms with Gasteiger partial charge in [-0.2, -0.15) is 0 Å². The van der Waals surface area contributed by atoms with Crippen LogP contribution in [-0.4, -0.2) is 69.2 Å². The minimum absolute atomic E-state index is 0.676. The third-order valence-corrected chi connectivity index (χ3v) is 5.63. The molecule has 4 aromatic rings. The van der Waals surface area contributed by atoms with Crippen LogP contribution in [0.2, 0.25) is 0 Å². The molecule has 0 radical (unpaired) electrons. The van der Waals surface area contributed by atoms with Crippen LogP contribution in [0.4, 0.5) is 5.69 Å². The number of unbranched alkanes of at least 4 members (excludes halogenated alkanes) is 1. The highest BCUT2D eigenvalue weighted by atomic mass is 16.5. The van der Waals surface area contributed by atoms with Crippen molar-refractivity contribution in [3.63, 3.8) is 0 Å². The summed E-state index contributed by atoms with van der Waals surface area (Å²) in [5, 5.41) is 5.70. The summed E-state index contributed by atoms with van der Waals surface area (Å²) in [5.41, 5.74) is 4.43. The zero-order valence-electron chi connectivity index (χ0n) is 19.6. The fraction of sp³-hybridized carbons (Fsp3) is 0.423. The second kappa shape index (κ2) is 10.2. The van der Waals surface area contributed by atoms with E-state index in [9.17, 15) is 0 Å². The number of hydrogen-bond donors (Lipinski definition) is 1. The number of anilines is 1. The number of nitrogens with zero attached hydrogens (tertiary/aromatic N) is 3. The van der Waals surface area contributed by atoms with Gasteiger partial charge in [-0.05, 0) is 78.7 Å². The Labute approximate surface area is 190 Å². The quantitative estimate of drug-likeness (QED) is 0.327. The van der Waals surface area contributed by atoms with E-state index in [1.807, 2.05) is 24.3 Å². The maximum absolute atomic E-state index is 6.43. The van der Waals surface area contributed by atoms with Gasteiger partial charge in [0.1, 0.15) is 5.52 Å². The topological polar surface area (TPSA) is 53.8 Å². The Kier molecular flexibility index (Phi) is 7.12. The lowest BCUT2D eigenvalue weighted by atomic mass is 10.1. The van der Waals surface area contributed by atoms with Gasteiger partial charge in [0.25, 0.3) is 0 Å². The highest BCUT2D eigenvalue weighted by Crippen LogP contribution is 2.40. The highest BCUT2D eigenvalue weighted by molar-refractivity contribution is 6.14. The number of benzene rings is 2. The average molecular weight is 435 g/mol. The highest BCUT2D eigenvalue weighted by Gasteiger charge is 2.18. The molecule has 32 heavy (non-hydrogen) atoms. The summed E-state index contributed by atoms with van der Waals surface area (Å²) in [6.45, 7) is 3.64. The van der Waals surface area contributed by atoms with Crippen LogP contribution < -0.4 is 10.1 Å². The second-order valence-corrected chi connectivity index (χ2v) is 8.86. The zero-order valence-corrected chi connectivity index (χ0v) is 19.6. The molecule has 4 rings (SSSR count). The molecular formula is C26H34N4O2. The van der Waals surface area contributed by atoms with Crippen LogP contribution >= 0.6 is 0 Å². The number of furan rings is 1. The molecule has 0 saturated heterocycles. The van der Waals surface area contributed by atoms with E-state index < -0.39 is 0 Å². The van der Waals surface area contributed by atoms with Gasteiger partial charge in [0, 0.05) is 11.9 Å². The van der Waals surface area contributed by atoms with E-state index in [0.717, 1.165) is 83.3 Å². The van der Waals surface area contributed by atoms with E-state index in [2.05, 4.69) is 61.5 Å². The minimum Gasteiger partial charge on any atom is -0.490 e. The first-order valence-electron chi connectivity index (χ1n) is 11.4. The van der Waals surface area contributed by atoms with Gasteiger partial charge in [-0.3, -0.25) is 0 Å². The number of aromatic nitrogens is 1. The van der Waals surface area contributed by atoms with Crippen LogP contribution in [0.5, 0.6) is 5.75 Å². The lowest BCUT2D eigenvalue weighted by Crippen LogP contribution is -2.16. The van der Waals surface area contributed by atoms with Crippen LogP contribution in [-0.2, 0) is 0 Å². The Morgan fingerprint density at radius 1 is 0.844 bits per heavy atom. The van der Waals surface area contributed by atoms with E-state index in [4.69, 9.17) is 14.1 Å². The lowest BCUT2D eigenvalue weighted by Gasteiger charge is -2.12. The Morgan fingerprint density at radius 2 is 1.59 bits per heavy atom. The molecule has 0 unspecified atom stereocenters. The van der Waals surface area contributed by atoms with E-state index in [1.165, 1.54) is 0 Å². The Bertz CT molecular complexity index is 1180. The average Bonchev–Trinajstić information content (AvgIpc) is 3.14. The number of ether oxygens (including phenoxy) is 1. The van der Waals surface area contributed by atoms with Crippen molar-refractivity contribution in [3.8, 4) is 5.75 Å². The third kappa shape index (κ3) is 4.97. The summed E-state index contributed by atoms with van der Waals surface area (Å²) in [6, 6.07) is 14.3. The van der Waals surface area contributed by atoms with Crippen molar-refractivity contribution < 1.29 is 9.15 Å². The Morgan fingerprint density at radius 3 is 2.41 bits per heavy atom. The smallest absolute Gasteiger partial charge is 0.179 e. The largest absolute Gasteiger partial charge is 0.490 e. The number of nitrogens with one attached hydrogen (secondary N) is 1. The first kappa shape index (κ1) is 22.4. The zero-order chi connectivity index (χ0) is 22.5. The molecule has 6 nitrogen and oxygen atoms in total. The second-order valence-electron chi connectivity index (χ2n) is 8.86. The molecule has 2 heterocycles. The first-order valence-corrected chi connectivity index (χ1v) is 11.4. The lowest BCUT2D eigenvalue weighted by molar-refractivity contribution is 0.293. The van der Waals surface area contributed by atoms with Crippen LogP contribution in [0.3, 0.4) is 0 Å². The van der Waals surface area contributed by atoms with Gasteiger partial charge in [-0.25, -0.2) is 4.98 Å². The minimum atomic E-state index is 0.676. The number of fused-ring (bicyclic) bond motifs is 4. The van der Waals surface area contributed by atoms with E-state index >= 15 is 0 Å². The number of pyridine rings is 1. The SMILES string of the molecule is CN(C)CCCCOc1cccc2c1oc1c(NCCCN(C)C)c3ccccc3nc12. The van der Waals surface area contributed by atoms with Gasteiger partial charge in [0.2, 0.25) is 0 Å². The summed E-state index contributed by atoms with van der Waals surface area (Å²) in [5.74, 6) is 0.785. The first-order chi connectivity index (χ1) is 15.5. The van der Waals surface area contributed by atoms with Gasteiger partial charge in [0.05, 0.1) is 23.2 Å². The summed E-state index contributed by atoms with van der Waals surface area (Å²) in [6.07, 6.45) is 3.17. The fourth-order valence-electron chi connectivity index (χ4n) is 4.00. The van der Waals surface area contributed by atoms with Crippen molar-refractivity contribution in [1.29, 1.82) is 0 Å². The monoisotopic (exact) mass is 434 g/mol. The van der Waals surface area contributed by atoms with Crippen molar-refractivity contribution in [1.82, 2.24) is 14.8 Å². The van der Waals surface area contributed by atoms with Crippen LogP contribution in [0, 0.1) is 0 Å². The van der Waals surface area contributed by atoms with Gasteiger partial charge in [0.15, 0.2) is 16.9 Å². The van der Waals surface area contributed by atoms with Crippen LogP contribution in [0.15, 0.2) is 46.9 Å². The fourth-order valence-corrected chi connectivity index (χ4v) is 4.00. The predicted molar refractivity (Wildman–Crippen MR) is 134 cm³/mol. The molecule has 0 fully saturated rings. The molecule has 0 spiro atoms. The summed E-state index contributed by atoms with van der Waals surface area (Å²) >= 11 is 0. The molecular weight excluding hydrogens is 400 g/mol. The van der Waals surface area contributed by atoms with Crippen molar-refractivity contribution in [2.45, 2.75) is 19.3 Å².